The molecule has 0 radical (unpaired) electrons. The number of nitrogens with two attached hydrogens (primary N) is 1. The Morgan fingerprint density at radius 1 is 1.67 bits per heavy atom. The molecule has 0 aromatic carbocycles. The molecule has 0 saturated carbocycles. The summed E-state index contributed by atoms with van der Waals surface area (Å²) in [6.45, 7) is 7.93. The summed E-state index contributed by atoms with van der Waals surface area (Å²) in [6, 6.07) is 2.31. The van der Waals surface area contributed by atoms with E-state index in [2.05, 4.69) is 26.5 Å². The average molecular weight is 181 g/mol. The molecule has 2 N–H and O–H groups in total. The van der Waals surface area contributed by atoms with Crippen molar-refractivity contribution in [3.8, 4) is 0 Å². The van der Waals surface area contributed by atoms with Crippen molar-refractivity contribution in [1.29, 1.82) is 0 Å². The van der Waals surface area contributed by atoms with Crippen molar-refractivity contribution >= 4 is 11.3 Å². The summed E-state index contributed by atoms with van der Waals surface area (Å²) in [5, 5.41) is 0. The second kappa shape index (κ2) is 3.87. The van der Waals surface area contributed by atoms with Gasteiger partial charge in [0, 0.05) is 15.8 Å². The van der Waals surface area contributed by atoms with Crippen LogP contribution in [0.5, 0.6) is 0 Å². The standard InChI is InChI=1S/C10H15NS/c1-4-5-9(11)10-6-7(2)8(3)12-10/h4,6,9H,1,5,11H2,2-3H3/t9-/m1/s1. The summed E-state index contributed by atoms with van der Waals surface area (Å²) in [5.41, 5.74) is 7.27. The maximum atomic E-state index is 5.93. The molecule has 1 heterocycles. The molecule has 1 nitrogen and oxygen atoms in total. The van der Waals surface area contributed by atoms with Crippen LogP contribution in [0.3, 0.4) is 0 Å². The van der Waals surface area contributed by atoms with Gasteiger partial charge >= 0.3 is 0 Å². The molecule has 1 aromatic rings. The van der Waals surface area contributed by atoms with Gasteiger partial charge in [0.1, 0.15) is 0 Å². The van der Waals surface area contributed by atoms with Crippen molar-refractivity contribution < 1.29 is 0 Å². The molecule has 0 aliphatic heterocycles. The van der Waals surface area contributed by atoms with E-state index >= 15 is 0 Å². The highest BCUT2D eigenvalue weighted by Gasteiger charge is 2.07. The molecular weight excluding hydrogens is 166 g/mol. The van der Waals surface area contributed by atoms with Crippen molar-refractivity contribution in [3.05, 3.63) is 34.0 Å². The van der Waals surface area contributed by atoms with Crippen LogP contribution in [0.1, 0.15) is 27.8 Å². The highest BCUT2D eigenvalue weighted by atomic mass is 32.1. The van der Waals surface area contributed by atoms with Crippen molar-refractivity contribution in [2.75, 3.05) is 0 Å². The van der Waals surface area contributed by atoms with Crippen molar-refractivity contribution in [1.82, 2.24) is 0 Å². The van der Waals surface area contributed by atoms with Gasteiger partial charge in [0.05, 0.1) is 0 Å². The van der Waals surface area contributed by atoms with E-state index in [1.54, 1.807) is 11.3 Å². The Bertz CT molecular complexity index is 256. The molecule has 1 aromatic heterocycles. The van der Waals surface area contributed by atoms with Gasteiger partial charge in [-0.1, -0.05) is 6.08 Å². The zero-order valence-corrected chi connectivity index (χ0v) is 8.45. The summed E-state index contributed by atoms with van der Waals surface area (Å²) in [6.07, 6.45) is 2.73. The van der Waals surface area contributed by atoms with Gasteiger partial charge in [0.15, 0.2) is 0 Å². The third-order valence-corrected chi connectivity index (χ3v) is 3.26. The van der Waals surface area contributed by atoms with Crippen LogP contribution in [0.25, 0.3) is 0 Å². The van der Waals surface area contributed by atoms with Gasteiger partial charge in [-0.2, -0.15) is 0 Å². The maximum Gasteiger partial charge on any atom is 0.0424 e. The van der Waals surface area contributed by atoms with Crippen LogP contribution in [0.4, 0.5) is 0 Å². The molecule has 0 unspecified atom stereocenters. The fourth-order valence-electron chi connectivity index (χ4n) is 1.08. The quantitative estimate of drug-likeness (QED) is 0.713. The second-order valence-electron chi connectivity index (χ2n) is 3.02. The molecule has 2 heteroatoms. The molecule has 0 aliphatic carbocycles. The monoisotopic (exact) mass is 181 g/mol. The lowest BCUT2D eigenvalue weighted by Crippen LogP contribution is -2.06. The highest BCUT2D eigenvalue weighted by molar-refractivity contribution is 7.12. The molecule has 1 rings (SSSR count). The van der Waals surface area contributed by atoms with Crippen molar-refractivity contribution in [3.63, 3.8) is 0 Å². The van der Waals surface area contributed by atoms with Crippen LogP contribution < -0.4 is 5.73 Å². The molecule has 0 bridgehead atoms. The zero-order valence-electron chi connectivity index (χ0n) is 7.63. The Morgan fingerprint density at radius 3 is 2.75 bits per heavy atom. The first-order valence-electron chi connectivity index (χ1n) is 4.08. The minimum atomic E-state index is 0.139. The van der Waals surface area contributed by atoms with E-state index in [-0.39, 0.29) is 6.04 Å². The Morgan fingerprint density at radius 2 is 2.33 bits per heavy atom. The molecule has 0 aliphatic rings. The lowest BCUT2D eigenvalue weighted by Gasteiger charge is -2.04. The lowest BCUT2D eigenvalue weighted by atomic mass is 10.1. The van der Waals surface area contributed by atoms with Gasteiger partial charge in [0.25, 0.3) is 0 Å². The topological polar surface area (TPSA) is 26.0 Å². The SMILES string of the molecule is C=CC[C@@H](N)c1cc(C)c(C)s1. The molecule has 66 valence electrons. The van der Waals surface area contributed by atoms with Crippen molar-refractivity contribution in [2.45, 2.75) is 26.3 Å². The van der Waals surface area contributed by atoms with Gasteiger partial charge in [-0.25, -0.2) is 0 Å². The van der Waals surface area contributed by atoms with E-state index in [1.807, 2.05) is 6.08 Å². The number of rotatable bonds is 3. The van der Waals surface area contributed by atoms with Crippen LogP contribution in [0.2, 0.25) is 0 Å². The van der Waals surface area contributed by atoms with Gasteiger partial charge in [-0.3, -0.25) is 0 Å². The number of thiophene rings is 1. The van der Waals surface area contributed by atoms with Crippen LogP contribution in [0.15, 0.2) is 18.7 Å². The third kappa shape index (κ3) is 1.96. The second-order valence-corrected chi connectivity index (χ2v) is 4.31. The van der Waals surface area contributed by atoms with Crippen LogP contribution in [-0.4, -0.2) is 0 Å². The fourth-order valence-corrected chi connectivity index (χ4v) is 2.14. The molecular formula is C10H15NS. The maximum absolute atomic E-state index is 5.93. The Balaban J connectivity index is 2.80. The normalized spacial score (nSPS) is 12.9. The first-order chi connectivity index (χ1) is 5.65. The molecule has 0 saturated heterocycles. The first-order valence-corrected chi connectivity index (χ1v) is 4.90. The van der Waals surface area contributed by atoms with Crippen molar-refractivity contribution in [2.24, 2.45) is 5.73 Å². The Kier molecular flexibility index (Phi) is 3.06. The Hall–Kier alpha value is -0.600. The van der Waals surface area contributed by atoms with E-state index in [0.29, 0.717) is 0 Å². The molecule has 1 atom stereocenters. The molecule has 0 fully saturated rings. The minimum absolute atomic E-state index is 0.139. The van der Waals surface area contributed by atoms with E-state index in [4.69, 9.17) is 5.73 Å². The predicted molar refractivity (Wildman–Crippen MR) is 55.5 cm³/mol. The van der Waals surface area contributed by atoms with Crippen LogP contribution in [-0.2, 0) is 0 Å². The lowest BCUT2D eigenvalue weighted by molar-refractivity contribution is 0.757. The van der Waals surface area contributed by atoms with Crippen LogP contribution >= 0.6 is 11.3 Å². The largest absolute Gasteiger partial charge is 0.323 e. The molecule has 12 heavy (non-hydrogen) atoms. The average Bonchev–Trinajstić information content (AvgIpc) is 2.33. The fraction of sp³-hybridized carbons (Fsp3) is 0.400. The smallest absolute Gasteiger partial charge is 0.0424 e. The van der Waals surface area contributed by atoms with E-state index < -0.39 is 0 Å². The van der Waals surface area contributed by atoms with Gasteiger partial charge in [-0.05, 0) is 31.9 Å². The summed E-state index contributed by atoms with van der Waals surface area (Å²) in [5.74, 6) is 0. The van der Waals surface area contributed by atoms with Gasteiger partial charge < -0.3 is 5.73 Å². The van der Waals surface area contributed by atoms with E-state index in [9.17, 15) is 0 Å². The third-order valence-electron chi connectivity index (χ3n) is 1.97. The summed E-state index contributed by atoms with van der Waals surface area (Å²) in [7, 11) is 0. The Labute approximate surface area is 77.9 Å². The zero-order chi connectivity index (χ0) is 9.14. The van der Waals surface area contributed by atoms with Crippen LogP contribution in [0, 0.1) is 13.8 Å². The highest BCUT2D eigenvalue weighted by Crippen LogP contribution is 2.26. The number of hydrogen-bond donors (Lipinski definition) is 1. The number of aryl methyl sites for hydroxylation is 2. The molecule has 0 amide bonds. The summed E-state index contributed by atoms with van der Waals surface area (Å²) in [4.78, 5) is 2.63. The van der Waals surface area contributed by atoms with E-state index in [1.165, 1.54) is 15.3 Å². The number of hydrogen-bond acceptors (Lipinski definition) is 2. The summed E-state index contributed by atoms with van der Waals surface area (Å²) < 4.78 is 0. The molecule has 0 spiro atoms. The predicted octanol–water partition coefficient (Wildman–Crippen LogP) is 2.94. The first kappa shape index (κ1) is 9.49. The van der Waals surface area contributed by atoms with Gasteiger partial charge in [-0.15, -0.1) is 17.9 Å². The minimum Gasteiger partial charge on any atom is -0.323 e. The van der Waals surface area contributed by atoms with Gasteiger partial charge in [0.2, 0.25) is 0 Å². The van der Waals surface area contributed by atoms with E-state index in [0.717, 1.165) is 6.42 Å². The summed E-state index contributed by atoms with van der Waals surface area (Å²) >= 11 is 1.79.